The Morgan fingerprint density at radius 1 is 0.739 bits per heavy atom. The molecule has 0 bridgehead atoms. The van der Waals surface area contributed by atoms with E-state index in [9.17, 15) is 0 Å². The van der Waals surface area contributed by atoms with Gasteiger partial charge in [0.15, 0.2) is 0 Å². The number of nitrogens with zero attached hydrogens (tertiary/aromatic N) is 1. The normalized spacial score (nSPS) is 7.35. The molecule has 1 radical (unpaired) electrons. The predicted octanol–water partition coefficient (Wildman–Crippen LogP) is 5.90. The van der Waals surface area contributed by atoms with Gasteiger partial charge in [0, 0.05) is 20.1 Å². The zero-order valence-corrected chi connectivity index (χ0v) is 17.1. The van der Waals surface area contributed by atoms with Gasteiger partial charge in [-0.25, -0.2) is 0 Å². The molecule has 131 valence electrons. The Balaban J connectivity index is -0.000000146. The third-order valence-electron chi connectivity index (χ3n) is 2.52. The van der Waals surface area contributed by atoms with Crippen molar-refractivity contribution in [3.8, 4) is 11.1 Å². The Hall–Kier alpha value is -1.63. The van der Waals surface area contributed by atoms with Gasteiger partial charge in [-0.2, -0.15) is 42.2 Å². The summed E-state index contributed by atoms with van der Waals surface area (Å²) in [5, 5.41) is 0. The van der Waals surface area contributed by atoms with E-state index >= 15 is 0 Å². The monoisotopic (exact) mass is 486 g/mol. The fourth-order valence-electron chi connectivity index (χ4n) is 1.59. The van der Waals surface area contributed by atoms with Crippen molar-refractivity contribution in [2.45, 2.75) is 6.92 Å². The molecular formula is C21H27IrN-6. The van der Waals surface area contributed by atoms with Crippen LogP contribution in [0.4, 0.5) is 0 Å². The van der Waals surface area contributed by atoms with E-state index in [1.807, 2.05) is 55.5 Å². The van der Waals surface area contributed by atoms with Gasteiger partial charge in [0.05, 0.1) is 0 Å². The van der Waals surface area contributed by atoms with Crippen molar-refractivity contribution < 1.29 is 20.1 Å². The molecule has 3 rings (SSSR count). The minimum Gasteiger partial charge on any atom is -0.668 e. The third-order valence-corrected chi connectivity index (χ3v) is 2.52. The summed E-state index contributed by atoms with van der Waals surface area (Å²) >= 11 is 0. The van der Waals surface area contributed by atoms with Gasteiger partial charge >= 0.3 is 0 Å². The summed E-state index contributed by atoms with van der Waals surface area (Å²) in [6.45, 7) is 1.97. The Bertz CT molecular complexity index is 507. The van der Waals surface area contributed by atoms with Crippen molar-refractivity contribution in [2.24, 2.45) is 0 Å². The van der Waals surface area contributed by atoms with Gasteiger partial charge in [-0.1, -0.05) is 55.0 Å². The van der Waals surface area contributed by atoms with E-state index in [-0.39, 0.29) is 49.8 Å². The van der Waals surface area contributed by atoms with E-state index < -0.39 is 0 Å². The minimum absolute atomic E-state index is 0. The summed E-state index contributed by atoms with van der Waals surface area (Å²) in [6.07, 6.45) is 1.79. The van der Waals surface area contributed by atoms with E-state index in [0.29, 0.717) is 0 Å². The van der Waals surface area contributed by atoms with Crippen molar-refractivity contribution in [3.63, 3.8) is 0 Å². The van der Waals surface area contributed by atoms with Gasteiger partial charge in [0.25, 0.3) is 0 Å². The van der Waals surface area contributed by atoms with Crippen LogP contribution in [0.2, 0.25) is 0 Å². The Kier molecular flexibility index (Phi) is 21.4. The van der Waals surface area contributed by atoms with E-state index in [4.69, 9.17) is 0 Å². The molecule has 2 heteroatoms. The molecule has 1 heterocycles. The maximum absolute atomic E-state index is 3.92. The molecule has 0 fully saturated rings. The predicted molar refractivity (Wildman–Crippen MR) is 101 cm³/mol. The number of benzene rings is 2. The Labute approximate surface area is 157 Å². The van der Waals surface area contributed by atoms with Crippen molar-refractivity contribution in [2.75, 3.05) is 0 Å². The first kappa shape index (κ1) is 29.4. The second kappa shape index (κ2) is 16.7. The van der Waals surface area contributed by atoms with E-state index in [1.54, 1.807) is 6.20 Å². The molecule has 0 aliphatic carbocycles. The van der Waals surface area contributed by atoms with Crippen LogP contribution in [0.5, 0.6) is 0 Å². The van der Waals surface area contributed by atoms with Crippen LogP contribution in [0.1, 0.15) is 5.69 Å². The zero-order valence-electron chi connectivity index (χ0n) is 14.7. The molecule has 0 saturated carbocycles. The molecule has 0 spiro atoms. The zero-order chi connectivity index (χ0) is 12.6. The van der Waals surface area contributed by atoms with Gasteiger partial charge in [0.2, 0.25) is 0 Å². The molecule has 2 aromatic carbocycles. The van der Waals surface area contributed by atoms with Crippen LogP contribution in [-0.4, -0.2) is 0 Å². The SMILES string of the molecule is Cc1ccc[n-]1.[CH3-].[CH3-].[CH3-].[CH3-].[Ir].[c-]1cccc(-c2ccccc2)c1. The molecule has 0 saturated heterocycles. The van der Waals surface area contributed by atoms with Crippen LogP contribution in [-0.2, 0) is 20.1 Å². The van der Waals surface area contributed by atoms with Gasteiger partial charge in [-0.05, 0) is 0 Å². The number of aromatic nitrogens is 1. The second-order valence-corrected chi connectivity index (χ2v) is 3.94. The maximum Gasteiger partial charge on any atom is 0 e. The average molecular weight is 486 g/mol. The van der Waals surface area contributed by atoms with Gasteiger partial charge in [0.1, 0.15) is 0 Å². The van der Waals surface area contributed by atoms with Crippen molar-refractivity contribution >= 4 is 0 Å². The summed E-state index contributed by atoms with van der Waals surface area (Å²) < 4.78 is 0. The van der Waals surface area contributed by atoms with Crippen LogP contribution < -0.4 is 4.98 Å². The fraction of sp³-hybridized carbons (Fsp3) is 0.0476. The summed E-state index contributed by atoms with van der Waals surface area (Å²) in [6, 6.07) is 25.3. The Morgan fingerprint density at radius 3 is 1.74 bits per heavy atom. The third kappa shape index (κ3) is 10.7. The van der Waals surface area contributed by atoms with Gasteiger partial charge in [-0.3, -0.25) is 0 Å². The van der Waals surface area contributed by atoms with Crippen LogP contribution in [0, 0.1) is 42.7 Å². The van der Waals surface area contributed by atoms with Crippen LogP contribution in [0.25, 0.3) is 11.1 Å². The number of rotatable bonds is 1. The minimum atomic E-state index is 0. The molecule has 3 aromatic rings. The summed E-state index contributed by atoms with van der Waals surface area (Å²) in [5.74, 6) is 0. The molecule has 0 amide bonds. The standard InChI is InChI=1S/C12H9.C5H6N.4CH3.Ir/c1-3-7-11(8-4-1)12-9-5-2-6-10-12;1-5-3-2-4-6-5;;;;;/h1-5,7-10H;2-4H,1H3;4*1H3;/q6*-1;. The largest absolute Gasteiger partial charge is 0.668 e. The molecule has 0 N–H and O–H groups in total. The van der Waals surface area contributed by atoms with Crippen LogP contribution in [0.15, 0.2) is 72.9 Å². The topological polar surface area (TPSA) is 14.1 Å². The molecule has 0 atom stereocenters. The maximum atomic E-state index is 3.92. The van der Waals surface area contributed by atoms with Gasteiger partial charge in [-0.15, -0.1) is 5.56 Å². The summed E-state index contributed by atoms with van der Waals surface area (Å²) in [4.78, 5) is 3.92. The van der Waals surface area contributed by atoms with Crippen molar-refractivity contribution in [1.82, 2.24) is 4.98 Å². The van der Waals surface area contributed by atoms with Crippen LogP contribution in [0.3, 0.4) is 0 Å². The van der Waals surface area contributed by atoms with E-state index in [1.165, 1.54) is 11.1 Å². The fourth-order valence-corrected chi connectivity index (χ4v) is 1.59. The van der Waals surface area contributed by atoms with Crippen molar-refractivity contribution in [3.05, 3.63) is 114 Å². The van der Waals surface area contributed by atoms with E-state index in [2.05, 4.69) is 29.2 Å². The molecule has 23 heavy (non-hydrogen) atoms. The van der Waals surface area contributed by atoms with Gasteiger partial charge < -0.3 is 34.7 Å². The smallest absolute Gasteiger partial charge is 0 e. The number of aryl methyl sites for hydroxylation is 1. The number of hydrogen-bond acceptors (Lipinski definition) is 0. The first-order valence-corrected chi connectivity index (χ1v) is 5.92. The molecule has 0 unspecified atom stereocenters. The molecule has 1 nitrogen and oxygen atoms in total. The quantitative estimate of drug-likeness (QED) is 0.391. The summed E-state index contributed by atoms with van der Waals surface area (Å²) in [7, 11) is 0. The second-order valence-electron chi connectivity index (χ2n) is 3.94. The Morgan fingerprint density at radius 2 is 1.35 bits per heavy atom. The number of hydrogen-bond donors (Lipinski definition) is 0. The molecular weight excluding hydrogens is 458 g/mol. The first-order valence-electron chi connectivity index (χ1n) is 5.92. The van der Waals surface area contributed by atoms with Crippen LogP contribution >= 0.6 is 0 Å². The molecule has 0 aliphatic heterocycles. The average Bonchev–Trinajstić information content (AvgIpc) is 2.93. The first-order chi connectivity index (χ1) is 8.86. The molecule has 1 aromatic heterocycles. The summed E-state index contributed by atoms with van der Waals surface area (Å²) in [5.41, 5.74) is 3.56. The van der Waals surface area contributed by atoms with E-state index in [0.717, 1.165) is 5.69 Å². The van der Waals surface area contributed by atoms with Crippen molar-refractivity contribution in [1.29, 1.82) is 0 Å². The molecule has 0 aliphatic rings.